The van der Waals surface area contributed by atoms with Crippen LogP contribution in [0.25, 0.3) is 0 Å². The maximum Gasteiger partial charge on any atom is 0.411 e. The smallest absolute Gasteiger partial charge is 0.367 e. The van der Waals surface area contributed by atoms with Crippen LogP contribution in [-0.4, -0.2) is 12.8 Å². The fourth-order valence-electron chi connectivity index (χ4n) is 0.969. The first-order valence-electron chi connectivity index (χ1n) is 4.17. The van der Waals surface area contributed by atoms with Crippen LogP contribution in [0.5, 0.6) is 0 Å². The molecule has 78 valence electrons. The summed E-state index contributed by atoms with van der Waals surface area (Å²) in [6, 6.07) is 7.19. The van der Waals surface area contributed by atoms with E-state index in [1.54, 1.807) is 12.1 Å². The Morgan fingerprint density at radius 3 is 2.21 bits per heavy atom. The predicted octanol–water partition coefficient (Wildman–Crippen LogP) is 3.07. The van der Waals surface area contributed by atoms with E-state index in [1.165, 1.54) is 0 Å². The Morgan fingerprint density at radius 1 is 1.14 bits per heavy atom. The van der Waals surface area contributed by atoms with Gasteiger partial charge in [-0.15, -0.1) is 0 Å². The van der Waals surface area contributed by atoms with Gasteiger partial charge in [-0.25, -0.2) is 0 Å². The van der Waals surface area contributed by atoms with E-state index < -0.39 is 12.8 Å². The van der Waals surface area contributed by atoms with Crippen LogP contribution in [0.1, 0.15) is 11.1 Å². The topological polar surface area (TPSA) is 9.23 Å². The van der Waals surface area contributed by atoms with Crippen LogP contribution in [0.2, 0.25) is 0 Å². The monoisotopic (exact) mass is 204 g/mol. The van der Waals surface area contributed by atoms with Gasteiger partial charge in [0.25, 0.3) is 0 Å². The van der Waals surface area contributed by atoms with E-state index in [9.17, 15) is 13.2 Å². The molecule has 14 heavy (non-hydrogen) atoms. The van der Waals surface area contributed by atoms with Crippen LogP contribution in [0, 0.1) is 6.92 Å². The number of alkyl halides is 3. The largest absolute Gasteiger partial charge is 0.411 e. The molecule has 0 bridgehead atoms. The van der Waals surface area contributed by atoms with Crippen molar-refractivity contribution in [1.82, 2.24) is 0 Å². The van der Waals surface area contributed by atoms with Gasteiger partial charge in [-0.3, -0.25) is 0 Å². The molecule has 1 aromatic rings. The Balaban J connectivity index is 2.35. The average Bonchev–Trinajstić information content (AvgIpc) is 2.06. The molecule has 0 spiro atoms. The molecule has 0 saturated heterocycles. The molecule has 0 radical (unpaired) electrons. The molecule has 0 fully saturated rings. The third-order valence-corrected chi connectivity index (χ3v) is 1.66. The highest BCUT2D eigenvalue weighted by molar-refractivity contribution is 5.20. The highest BCUT2D eigenvalue weighted by Gasteiger charge is 2.27. The van der Waals surface area contributed by atoms with Gasteiger partial charge in [0, 0.05) is 0 Å². The van der Waals surface area contributed by atoms with E-state index in [4.69, 9.17) is 0 Å². The summed E-state index contributed by atoms with van der Waals surface area (Å²) in [7, 11) is 0. The number of aryl methyl sites for hydroxylation is 1. The molecule has 4 heteroatoms. The Bertz CT molecular complexity index is 276. The lowest BCUT2D eigenvalue weighted by Crippen LogP contribution is -2.16. The minimum Gasteiger partial charge on any atom is -0.367 e. The maximum absolute atomic E-state index is 11.7. The van der Waals surface area contributed by atoms with Gasteiger partial charge >= 0.3 is 6.18 Å². The Morgan fingerprint density at radius 2 is 1.71 bits per heavy atom. The van der Waals surface area contributed by atoms with Gasteiger partial charge in [0.05, 0.1) is 6.61 Å². The lowest BCUT2D eigenvalue weighted by atomic mass is 10.2. The second-order valence-electron chi connectivity index (χ2n) is 3.09. The second-order valence-corrected chi connectivity index (χ2v) is 3.09. The van der Waals surface area contributed by atoms with Crippen LogP contribution in [0.4, 0.5) is 13.2 Å². The molecule has 0 aliphatic heterocycles. The highest BCUT2D eigenvalue weighted by atomic mass is 19.4. The van der Waals surface area contributed by atoms with Crippen molar-refractivity contribution in [2.45, 2.75) is 19.7 Å². The van der Waals surface area contributed by atoms with Crippen LogP contribution in [-0.2, 0) is 11.3 Å². The molecular weight excluding hydrogens is 193 g/mol. The van der Waals surface area contributed by atoms with Crippen molar-refractivity contribution in [3.63, 3.8) is 0 Å². The molecule has 0 N–H and O–H groups in total. The van der Waals surface area contributed by atoms with E-state index in [1.807, 2.05) is 19.1 Å². The zero-order chi connectivity index (χ0) is 10.6. The number of hydrogen-bond acceptors (Lipinski definition) is 1. The first kappa shape index (κ1) is 11.0. The van der Waals surface area contributed by atoms with Gasteiger partial charge in [0.2, 0.25) is 0 Å². The van der Waals surface area contributed by atoms with Gasteiger partial charge in [0.15, 0.2) is 0 Å². The quantitative estimate of drug-likeness (QED) is 0.735. The number of hydrogen-bond donors (Lipinski definition) is 0. The zero-order valence-corrected chi connectivity index (χ0v) is 7.77. The molecule has 0 heterocycles. The highest BCUT2D eigenvalue weighted by Crippen LogP contribution is 2.15. The molecule has 1 rings (SSSR count). The van der Waals surface area contributed by atoms with Crippen molar-refractivity contribution >= 4 is 0 Å². The molecule has 0 aliphatic rings. The summed E-state index contributed by atoms with van der Waals surface area (Å²) in [5.41, 5.74) is 1.82. The zero-order valence-electron chi connectivity index (χ0n) is 7.77. The van der Waals surface area contributed by atoms with Crippen LogP contribution in [0.15, 0.2) is 24.3 Å². The van der Waals surface area contributed by atoms with Crippen LogP contribution >= 0.6 is 0 Å². The summed E-state index contributed by atoms with van der Waals surface area (Å²) in [4.78, 5) is 0. The number of halogens is 3. The van der Waals surface area contributed by atoms with E-state index in [0.29, 0.717) is 0 Å². The minimum absolute atomic E-state index is 0.000208. The molecule has 1 aromatic carbocycles. The van der Waals surface area contributed by atoms with Gasteiger partial charge in [-0.2, -0.15) is 13.2 Å². The SMILES string of the molecule is Cc1ccc(COCC(F)(F)F)cc1. The van der Waals surface area contributed by atoms with Gasteiger partial charge in [0.1, 0.15) is 6.61 Å². The second kappa shape index (κ2) is 4.46. The molecule has 1 nitrogen and oxygen atoms in total. The summed E-state index contributed by atoms with van der Waals surface area (Å²) >= 11 is 0. The van der Waals surface area contributed by atoms with E-state index in [-0.39, 0.29) is 6.61 Å². The Labute approximate surface area is 80.5 Å². The van der Waals surface area contributed by atoms with Crippen molar-refractivity contribution in [2.24, 2.45) is 0 Å². The fraction of sp³-hybridized carbons (Fsp3) is 0.400. The first-order valence-corrected chi connectivity index (χ1v) is 4.17. The summed E-state index contributed by atoms with van der Waals surface area (Å²) in [5.74, 6) is 0. The third-order valence-electron chi connectivity index (χ3n) is 1.66. The van der Waals surface area contributed by atoms with E-state index in [0.717, 1.165) is 11.1 Å². The molecule has 0 amide bonds. The maximum atomic E-state index is 11.7. The number of rotatable bonds is 3. The Hall–Kier alpha value is -1.03. The molecule has 0 unspecified atom stereocenters. The number of ether oxygens (including phenoxy) is 1. The molecule has 0 aromatic heterocycles. The average molecular weight is 204 g/mol. The summed E-state index contributed by atoms with van der Waals surface area (Å²) < 4.78 is 39.6. The van der Waals surface area contributed by atoms with Crippen LogP contribution in [0.3, 0.4) is 0 Å². The normalized spacial score (nSPS) is 11.7. The van der Waals surface area contributed by atoms with Gasteiger partial charge < -0.3 is 4.74 Å². The fourth-order valence-corrected chi connectivity index (χ4v) is 0.969. The van der Waals surface area contributed by atoms with Gasteiger partial charge in [-0.1, -0.05) is 29.8 Å². The standard InChI is InChI=1S/C10H11F3O/c1-8-2-4-9(5-3-8)6-14-7-10(11,12)13/h2-5H,6-7H2,1H3. The molecular formula is C10H11F3O. The van der Waals surface area contributed by atoms with E-state index >= 15 is 0 Å². The molecule has 0 aliphatic carbocycles. The summed E-state index contributed by atoms with van der Waals surface area (Å²) in [6.07, 6.45) is -4.25. The molecule has 0 atom stereocenters. The number of benzene rings is 1. The summed E-state index contributed by atoms with van der Waals surface area (Å²) in [5, 5.41) is 0. The molecule has 0 saturated carbocycles. The lowest BCUT2D eigenvalue weighted by molar-refractivity contribution is -0.176. The van der Waals surface area contributed by atoms with Crippen LogP contribution < -0.4 is 0 Å². The van der Waals surface area contributed by atoms with Gasteiger partial charge in [-0.05, 0) is 12.5 Å². The van der Waals surface area contributed by atoms with Crippen molar-refractivity contribution in [3.05, 3.63) is 35.4 Å². The van der Waals surface area contributed by atoms with Crippen molar-refractivity contribution in [1.29, 1.82) is 0 Å². The minimum atomic E-state index is -4.25. The third kappa shape index (κ3) is 4.28. The van der Waals surface area contributed by atoms with Crippen molar-refractivity contribution in [2.75, 3.05) is 6.61 Å². The van der Waals surface area contributed by atoms with Crippen molar-refractivity contribution < 1.29 is 17.9 Å². The lowest BCUT2D eigenvalue weighted by Gasteiger charge is -2.07. The van der Waals surface area contributed by atoms with Crippen molar-refractivity contribution in [3.8, 4) is 0 Å². The summed E-state index contributed by atoms with van der Waals surface area (Å²) in [6.45, 7) is 0.723. The predicted molar refractivity (Wildman–Crippen MR) is 46.9 cm³/mol. The Kier molecular flexibility index (Phi) is 3.52. The first-order chi connectivity index (χ1) is 6.47. The van der Waals surface area contributed by atoms with E-state index in [2.05, 4.69) is 4.74 Å².